The van der Waals surface area contributed by atoms with Crippen molar-refractivity contribution in [1.29, 1.82) is 0 Å². The van der Waals surface area contributed by atoms with E-state index in [1.54, 1.807) is 30.6 Å². The van der Waals surface area contributed by atoms with Gasteiger partial charge in [-0.2, -0.15) is 13.2 Å². The van der Waals surface area contributed by atoms with E-state index in [0.717, 1.165) is 12.5 Å². The SMILES string of the molecule is CC1C[C@@](C)(COc2ccc(-c3ccnc4cc[nH]c34)cc2C(F)(F)F)N1. The molecule has 1 saturated heterocycles. The Morgan fingerprint density at radius 3 is 2.74 bits per heavy atom. The van der Waals surface area contributed by atoms with Crippen molar-refractivity contribution in [1.82, 2.24) is 15.3 Å². The number of pyridine rings is 1. The molecule has 0 saturated carbocycles. The van der Waals surface area contributed by atoms with Crippen LogP contribution >= 0.6 is 0 Å². The van der Waals surface area contributed by atoms with Gasteiger partial charge in [-0.15, -0.1) is 0 Å². The largest absolute Gasteiger partial charge is 0.491 e. The zero-order valence-electron chi connectivity index (χ0n) is 15.0. The van der Waals surface area contributed by atoms with Crippen LogP contribution in [0.3, 0.4) is 0 Å². The number of nitrogens with zero attached hydrogens (tertiary/aromatic N) is 1. The molecule has 0 bridgehead atoms. The molecule has 2 atom stereocenters. The number of alkyl halides is 3. The van der Waals surface area contributed by atoms with E-state index < -0.39 is 11.7 Å². The minimum atomic E-state index is -4.51. The number of fused-ring (bicyclic) bond motifs is 1. The maximum Gasteiger partial charge on any atom is 0.419 e. The van der Waals surface area contributed by atoms with E-state index >= 15 is 0 Å². The molecule has 7 heteroatoms. The molecule has 3 heterocycles. The van der Waals surface area contributed by atoms with Gasteiger partial charge in [0.15, 0.2) is 0 Å². The van der Waals surface area contributed by atoms with Gasteiger partial charge in [0.05, 0.1) is 22.1 Å². The van der Waals surface area contributed by atoms with E-state index in [-0.39, 0.29) is 17.9 Å². The van der Waals surface area contributed by atoms with E-state index in [2.05, 4.69) is 15.3 Å². The Labute approximate surface area is 154 Å². The molecule has 4 rings (SSSR count). The number of H-pyrrole nitrogens is 1. The van der Waals surface area contributed by atoms with Crippen LogP contribution in [0.15, 0.2) is 42.7 Å². The highest BCUT2D eigenvalue weighted by Crippen LogP contribution is 2.40. The number of hydrogen-bond acceptors (Lipinski definition) is 3. The third kappa shape index (κ3) is 3.39. The Hall–Kier alpha value is -2.54. The molecule has 1 fully saturated rings. The summed E-state index contributed by atoms with van der Waals surface area (Å²) >= 11 is 0. The number of benzene rings is 1. The molecule has 1 aliphatic heterocycles. The molecule has 3 aromatic rings. The van der Waals surface area contributed by atoms with Gasteiger partial charge in [-0.25, -0.2) is 0 Å². The van der Waals surface area contributed by atoms with Crippen LogP contribution in [0, 0.1) is 0 Å². The standard InChI is InChI=1S/C20H20F3N3O/c1-12-10-19(2,26-12)11-27-17-4-3-13(9-15(17)20(21,22)23)14-5-7-24-16-6-8-25-18(14)16/h3-9,12,25-26H,10-11H2,1-2H3/t12?,19-/m0/s1. The molecule has 0 aliphatic carbocycles. The lowest BCUT2D eigenvalue weighted by molar-refractivity contribution is -0.139. The van der Waals surface area contributed by atoms with Crippen LogP contribution in [0.1, 0.15) is 25.8 Å². The van der Waals surface area contributed by atoms with Crippen molar-refractivity contribution in [2.24, 2.45) is 0 Å². The average Bonchev–Trinajstić information content (AvgIpc) is 3.06. The summed E-state index contributed by atoms with van der Waals surface area (Å²) in [7, 11) is 0. The third-order valence-electron chi connectivity index (χ3n) is 4.94. The average molecular weight is 375 g/mol. The van der Waals surface area contributed by atoms with Crippen molar-refractivity contribution in [3.05, 3.63) is 48.3 Å². The summed E-state index contributed by atoms with van der Waals surface area (Å²) < 4.78 is 46.6. The second kappa shape index (κ2) is 6.27. The lowest BCUT2D eigenvalue weighted by Gasteiger charge is -2.45. The van der Waals surface area contributed by atoms with Crippen LogP contribution in [0.2, 0.25) is 0 Å². The van der Waals surface area contributed by atoms with Crippen LogP contribution in [-0.4, -0.2) is 28.2 Å². The van der Waals surface area contributed by atoms with Crippen molar-refractivity contribution >= 4 is 11.0 Å². The number of halogens is 3. The molecule has 1 aromatic carbocycles. The van der Waals surface area contributed by atoms with Gasteiger partial charge < -0.3 is 15.0 Å². The molecule has 0 radical (unpaired) electrons. The van der Waals surface area contributed by atoms with Gasteiger partial charge in [-0.3, -0.25) is 4.98 Å². The molecule has 4 nitrogen and oxygen atoms in total. The Balaban J connectivity index is 1.69. The summed E-state index contributed by atoms with van der Waals surface area (Å²) in [6, 6.07) is 8.05. The highest BCUT2D eigenvalue weighted by Gasteiger charge is 2.39. The predicted octanol–water partition coefficient (Wildman–Crippen LogP) is 4.77. The number of hydrogen-bond donors (Lipinski definition) is 2. The fourth-order valence-corrected chi connectivity index (χ4v) is 3.83. The highest BCUT2D eigenvalue weighted by atomic mass is 19.4. The minimum Gasteiger partial charge on any atom is -0.491 e. The number of nitrogens with one attached hydrogen (secondary N) is 2. The lowest BCUT2D eigenvalue weighted by Crippen LogP contribution is -2.63. The molecular formula is C20H20F3N3O. The maximum absolute atomic E-state index is 13.7. The van der Waals surface area contributed by atoms with Crippen molar-refractivity contribution < 1.29 is 17.9 Å². The van der Waals surface area contributed by atoms with Crippen molar-refractivity contribution in [2.45, 2.75) is 38.0 Å². The number of rotatable bonds is 4. The molecule has 0 spiro atoms. The van der Waals surface area contributed by atoms with Crippen LogP contribution in [0.5, 0.6) is 5.75 Å². The van der Waals surface area contributed by atoms with Crippen LogP contribution < -0.4 is 10.1 Å². The van der Waals surface area contributed by atoms with Gasteiger partial charge in [0, 0.05) is 24.0 Å². The molecule has 2 aromatic heterocycles. The lowest BCUT2D eigenvalue weighted by atomic mass is 9.85. The summed E-state index contributed by atoms with van der Waals surface area (Å²) in [5.74, 6) is -0.148. The summed E-state index contributed by atoms with van der Waals surface area (Å²) in [6.45, 7) is 4.18. The summed E-state index contributed by atoms with van der Waals surface area (Å²) in [5.41, 5.74) is 1.49. The third-order valence-corrected chi connectivity index (χ3v) is 4.94. The van der Waals surface area contributed by atoms with Crippen LogP contribution in [0.25, 0.3) is 22.2 Å². The summed E-state index contributed by atoms with van der Waals surface area (Å²) in [5, 5.41) is 3.28. The zero-order valence-corrected chi connectivity index (χ0v) is 15.0. The minimum absolute atomic E-state index is 0.148. The fraction of sp³-hybridized carbons (Fsp3) is 0.350. The van der Waals surface area contributed by atoms with E-state index in [4.69, 9.17) is 4.74 Å². The van der Waals surface area contributed by atoms with Crippen molar-refractivity contribution in [3.8, 4) is 16.9 Å². The van der Waals surface area contributed by atoms with Crippen LogP contribution in [-0.2, 0) is 6.18 Å². The molecule has 1 unspecified atom stereocenters. The number of ether oxygens (including phenoxy) is 1. The Morgan fingerprint density at radius 1 is 1.26 bits per heavy atom. The first kappa shape index (κ1) is 17.9. The van der Waals surface area contributed by atoms with Crippen molar-refractivity contribution in [3.63, 3.8) is 0 Å². The Kier molecular flexibility index (Phi) is 4.14. The van der Waals surface area contributed by atoms with Gasteiger partial charge >= 0.3 is 6.18 Å². The van der Waals surface area contributed by atoms with Crippen LogP contribution in [0.4, 0.5) is 13.2 Å². The summed E-state index contributed by atoms with van der Waals surface area (Å²) in [6.07, 6.45) is -0.327. The number of aromatic nitrogens is 2. The van der Waals surface area contributed by atoms with Crippen molar-refractivity contribution in [2.75, 3.05) is 6.61 Å². The first-order valence-corrected chi connectivity index (χ1v) is 8.79. The van der Waals surface area contributed by atoms with E-state index in [0.29, 0.717) is 28.2 Å². The maximum atomic E-state index is 13.7. The Bertz CT molecular complexity index is 974. The molecule has 142 valence electrons. The monoisotopic (exact) mass is 375 g/mol. The molecule has 1 aliphatic rings. The fourth-order valence-electron chi connectivity index (χ4n) is 3.83. The van der Waals surface area contributed by atoms with E-state index in [9.17, 15) is 13.2 Å². The highest BCUT2D eigenvalue weighted by molar-refractivity contribution is 5.91. The first-order valence-electron chi connectivity index (χ1n) is 8.79. The predicted molar refractivity (Wildman–Crippen MR) is 97.6 cm³/mol. The smallest absolute Gasteiger partial charge is 0.419 e. The molecule has 0 amide bonds. The summed E-state index contributed by atoms with van der Waals surface area (Å²) in [4.78, 5) is 7.25. The normalized spacial score (nSPS) is 22.6. The quantitative estimate of drug-likeness (QED) is 0.691. The number of aromatic amines is 1. The Morgan fingerprint density at radius 2 is 2.04 bits per heavy atom. The van der Waals surface area contributed by atoms with Gasteiger partial charge in [0.2, 0.25) is 0 Å². The van der Waals surface area contributed by atoms with Gasteiger partial charge in [0.1, 0.15) is 12.4 Å². The van der Waals surface area contributed by atoms with E-state index in [1.807, 2.05) is 13.8 Å². The first-order chi connectivity index (χ1) is 12.8. The van der Waals surface area contributed by atoms with E-state index in [1.165, 1.54) is 6.07 Å². The van der Waals surface area contributed by atoms with Gasteiger partial charge in [-0.05, 0) is 50.1 Å². The second-order valence-electron chi connectivity index (χ2n) is 7.40. The molecular weight excluding hydrogens is 355 g/mol. The van der Waals surface area contributed by atoms with Gasteiger partial charge in [-0.1, -0.05) is 6.07 Å². The molecule has 27 heavy (non-hydrogen) atoms. The molecule has 2 N–H and O–H groups in total. The zero-order chi connectivity index (χ0) is 19.2. The topological polar surface area (TPSA) is 49.9 Å². The second-order valence-corrected chi connectivity index (χ2v) is 7.40. The van der Waals surface area contributed by atoms with Gasteiger partial charge in [0.25, 0.3) is 0 Å².